The van der Waals surface area contributed by atoms with Gasteiger partial charge in [0.05, 0.1) is 49.4 Å². The Labute approximate surface area is 221 Å². The molecule has 2 aliphatic heterocycles. The molecule has 0 spiro atoms. The minimum Gasteiger partial charge on any atom is -0.394 e. The standard InChI is InChI=1S/C23H27ClF2N6O6/c1-35-9-23(10-37-11-23)32-6-12(27-30-32)5-16-22(36-2)20(21(34)17(8-33)38-16)31-7-15(28-29-31)13-3-4-14(24)19(26)18(13)25/h3-4,6-7,16-17,20-22,33-34H,5,8-11H2,1-2H3/t16-,17-,20+,21+,22+/m1/s1. The Hall–Kier alpha value is -2.59. The fraction of sp³-hybridized carbons (Fsp3) is 0.565. The van der Waals surface area contributed by atoms with Crippen molar-refractivity contribution in [3.8, 4) is 11.3 Å². The highest BCUT2D eigenvalue weighted by Crippen LogP contribution is 2.35. The molecule has 0 radical (unpaired) electrons. The molecule has 3 aromatic rings. The number of aliphatic hydroxyl groups excluding tert-OH is 2. The molecule has 2 aliphatic rings. The van der Waals surface area contributed by atoms with Crippen LogP contribution in [0.2, 0.25) is 5.02 Å². The average molecular weight is 557 g/mol. The molecule has 1 aromatic carbocycles. The topological polar surface area (TPSA) is 139 Å². The van der Waals surface area contributed by atoms with Gasteiger partial charge >= 0.3 is 0 Å². The van der Waals surface area contributed by atoms with E-state index in [4.69, 9.17) is 30.5 Å². The lowest BCUT2D eigenvalue weighted by Gasteiger charge is -2.43. The summed E-state index contributed by atoms with van der Waals surface area (Å²) in [6, 6.07) is 1.62. The molecule has 0 amide bonds. The Morgan fingerprint density at radius 2 is 1.92 bits per heavy atom. The van der Waals surface area contributed by atoms with Crippen LogP contribution in [0.25, 0.3) is 11.3 Å². The second-order valence-electron chi connectivity index (χ2n) is 9.39. The zero-order chi connectivity index (χ0) is 27.0. The highest BCUT2D eigenvalue weighted by Gasteiger charge is 2.48. The van der Waals surface area contributed by atoms with E-state index in [0.717, 1.165) is 0 Å². The normalized spacial score (nSPS) is 26.9. The van der Waals surface area contributed by atoms with Gasteiger partial charge in [-0.2, -0.15) is 0 Å². The van der Waals surface area contributed by atoms with Gasteiger partial charge in [-0.05, 0) is 12.1 Å². The van der Waals surface area contributed by atoms with Gasteiger partial charge in [-0.3, -0.25) is 0 Å². The summed E-state index contributed by atoms with van der Waals surface area (Å²) in [6.07, 6.45) is -0.316. The van der Waals surface area contributed by atoms with Crippen molar-refractivity contribution in [2.24, 2.45) is 0 Å². The van der Waals surface area contributed by atoms with E-state index < -0.39 is 54.2 Å². The van der Waals surface area contributed by atoms with Crippen molar-refractivity contribution in [3.05, 3.63) is 46.9 Å². The predicted molar refractivity (Wildman–Crippen MR) is 126 cm³/mol. The first-order chi connectivity index (χ1) is 18.3. The summed E-state index contributed by atoms with van der Waals surface area (Å²) < 4.78 is 53.9. The number of aliphatic hydroxyl groups is 2. The summed E-state index contributed by atoms with van der Waals surface area (Å²) in [5.74, 6) is -2.37. The van der Waals surface area contributed by atoms with E-state index in [-0.39, 0.29) is 22.7 Å². The van der Waals surface area contributed by atoms with Crippen LogP contribution in [0.1, 0.15) is 11.7 Å². The van der Waals surface area contributed by atoms with E-state index in [0.29, 0.717) is 25.5 Å². The molecule has 12 nitrogen and oxygen atoms in total. The molecule has 0 unspecified atom stereocenters. The molecule has 2 saturated heterocycles. The maximum absolute atomic E-state index is 14.5. The van der Waals surface area contributed by atoms with Gasteiger partial charge in [-0.25, -0.2) is 18.1 Å². The molecule has 2 fully saturated rings. The van der Waals surface area contributed by atoms with Crippen LogP contribution < -0.4 is 0 Å². The van der Waals surface area contributed by atoms with Gasteiger partial charge in [0.2, 0.25) is 0 Å². The molecule has 5 atom stereocenters. The molecular weight excluding hydrogens is 530 g/mol. The zero-order valence-corrected chi connectivity index (χ0v) is 21.3. The summed E-state index contributed by atoms with van der Waals surface area (Å²) in [5, 5.41) is 37.1. The van der Waals surface area contributed by atoms with E-state index in [1.54, 1.807) is 18.0 Å². The van der Waals surface area contributed by atoms with Gasteiger partial charge in [-0.15, -0.1) is 10.2 Å². The largest absolute Gasteiger partial charge is 0.394 e. The number of halogens is 3. The second-order valence-corrected chi connectivity index (χ2v) is 9.80. The quantitative estimate of drug-likeness (QED) is 0.363. The summed E-state index contributed by atoms with van der Waals surface area (Å²) in [5.41, 5.74) is 0.0288. The van der Waals surface area contributed by atoms with E-state index >= 15 is 0 Å². The summed E-state index contributed by atoms with van der Waals surface area (Å²) in [4.78, 5) is 0. The number of rotatable bonds is 9. The molecule has 5 rings (SSSR count). The maximum Gasteiger partial charge on any atom is 0.178 e. The van der Waals surface area contributed by atoms with Crippen molar-refractivity contribution >= 4 is 11.6 Å². The Kier molecular flexibility index (Phi) is 7.73. The monoisotopic (exact) mass is 556 g/mol. The first kappa shape index (κ1) is 27.0. The number of hydrogen-bond acceptors (Lipinski definition) is 10. The molecule has 0 aliphatic carbocycles. The lowest BCUT2D eigenvalue weighted by Crippen LogP contribution is -2.57. The van der Waals surface area contributed by atoms with Crippen molar-refractivity contribution in [1.29, 1.82) is 0 Å². The van der Waals surface area contributed by atoms with Crippen LogP contribution in [-0.4, -0.2) is 105 Å². The fourth-order valence-corrected chi connectivity index (χ4v) is 5.06. The molecule has 38 heavy (non-hydrogen) atoms. The SMILES string of the molecule is COCC1(n2cc(C[C@H]3O[C@H](CO)[C@H](O)[C@H](n4cc(-c5ccc(Cl)c(F)c5F)nn4)[C@H]3OC)nn2)COC1. The van der Waals surface area contributed by atoms with Crippen molar-refractivity contribution < 1.29 is 37.9 Å². The zero-order valence-electron chi connectivity index (χ0n) is 20.6. The van der Waals surface area contributed by atoms with Crippen molar-refractivity contribution in [1.82, 2.24) is 30.0 Å². The van der Waals surface area contributed by atoms with E-state index in [9.17, 15) is 19.0 Å². The lowest BCUT2D eigenvalue weighted by atomic mass is 9.90. The molecule has 15 heteroatoms. The third kappa shape index (κ3) is 4.70. The van der Waals surface area contributed by atoms with E-state index in [1.165, 1.54) is 30.1 Å². The van der Waals surface area contributed by atoms with Gasteiger partial charge in [0, 0.05) is 32.4 Å². The Morgan fingerprint density at radius 3 is 2.58 bits per heavy atom. The number of hydrogen-bond donors (Lipinski definition) is 2. The van der Waals surface area contributed by atoms with Gasteiger partial charge < -0.3 is 29.2 Å². The van der Waals surface area contributed by atoms with Crippen LogP contribution in [0, 0.1) is 11.6 Å². The minimum absolute atomic E-state index is 0.0258. The molecule has 2 N–H and O–H groups in total. The number of aromatic nitrogens is 6. The van der Waals surface area contributed by atoms with Crippen molar-refractivity contribution in [3.63, 3.8) is 0 Å². The number of nitrogens with zero attached hydrogens (tertiary/aromatic N) is 6. The Bertz CT molecular complexity index is 1270. The van der Waals surface area contributed by atoms with Gasteiger partial charge in [-0.1, -0.05) is 22.0 Å². The fourth-order valence-electron chi connectivity index (χ4n) is 4.92. The summed E-state index contributed by atoms with van der Waals surface area (Å²) in [6.45, 7) is 0.809. The van der Waals surface area contributed by atoms with Gasteiger partial charge in [0.1, 0.15) is 35.6 Å². The molecule has 206 valence electrons. The second kappa shape index (κ2) is 10.9. The highest BCUT2D eigenvalue weighted by molar-refractivity contribution is 6.30. The van der Waals surface area contributed by atoms with Crippen LogP contribution in [0.4, 0.5) is 8.78 Å². The lowest BCUT2D eigenvalue weighted by molar-refractivity contribution is -0.212. The number of benzene rings is 1. The first-order valence-electron chi connectivity index (χ1n) is 11.8. The molecular formula is C23H27ClF2N6O6. The first-order valence-corrected chi connectivity index (χ1v) is 12.2. The molecule has 0 saturated carbocycles. The van der Waals surface area contributed by atoms with Gasteiger partial charge in [0.15, 0.2) is 11.6 Å². The van der Waals surface area contributed by atoms with E-state index in [2.05, 4.69) is 20.6 Å². The summed E-state index contributed by atoms with van der Waals surface area (Å²) in [7, 11) is 3.05. The number of ether oxygens (including phenoxy) is 4. The Morgan fingerprint density at radius 1 is 1.13 bits per heavy atom. The van der Waals surface area contributed by atoms with Crippen LogP contribution in [-0.2, 0) is 30.9 Å². The molecule has 2 aromatic heterocycles. The third-order valence-electron chi connectivity index (χ3n) is 6.95. The minimum atomic E-state index is -1.25. The van der Waals surface area contributed by atoms with Crippen LogP contribution in [0.15, 0.2) is 24.5 Å². The van der Waals surface area contributed by atoms with Crippen LogP contribution in [0.3, 0.4) is 0 Å². The van der Waals surface area contributed by atoms with Crippen LogP contribution >= 0.6 is 11.6 Å². The van der Waals surface area contributed by atoms with Gasteiger partial charge in [0.25, 0.3) is 0 Å². The Balaban J connectivity index is 1.42. The van der Waals surface area contributed by atoms with Crippen molar-refractivity contribution in [2.75, 3.05) is 40.6 Å². The number of methoxy groups -OCH3 is 2. The highest BCUT2D eigenvalue weighted by atomic mass is 35.5. The van der Waals surface area contributed by atoms with E-state index in [1.807, 2.05) is 0 Å². The predicted octanol–water partition coefficient (Wildman–Crippen LogP) is 0.759. The molecule has 0 bridgehead atoms. The molecule has 4 heterocycles. The third-order valence-corrected chi connectivity index (χ3v) is 7.25. The summed E-state index contributed by atoms with van der Waals surface area (Å²) >= 11 is 5.66. The van der Waals surface area contributed by atoms with Crippen LogP contribution in [0.5, 0.6) is 0 Å². The maximum atomic E-state index is 14.5. The smallest absolute Gasteiger partial charge is 0.178 e. The van der Waals surface area contributed by atoms with Crippen molar-refractivity contribution in [2.45, 2.75) is 42.4 Å². The average Bonchev–Trinajstić information content (AvgIpc) is 3.55.